The highest BCUT2D eigenvalue weighted by Crippen LogP contribution is 2.11. The lowest BCUT2D eigenvalue weighted by Gasteiger charge is -2.16. The van der Waals surface area contributed by atoms with Crippen LogP contribution in [0.3, 0.4) is 0 Å². The van der Waals surface area contributed by atoms with Gasteiger partial charge in [0.25, 0.3) is 0 Å². The number of hydrogen-bond acceptors (Lipinski definition) is 3. The minimum atomic E-state index is -0.250. The highest BCUT2D eigenvalue weighted by Gasteiger charge is 2.24. The first-order chi connectivity index (χ1) is 7.75. The lowest BCUT2D eigenvalue weighted by atomic mass is 10.2. The zero-order valence-corrected chi connectivity index (χ0v) is 9.43. The van der Waals surface area contributed by atoms with E-state index in [0.29, 0.717) is 13.2 Å². The van der Waals surface area contributed by atoms with E-state index in [2.05, 4.69) is 10.4 Å². The predicted molar refractivity (Wildman–Crippen MR) is 58.8 cm³/mol. The summed E-state index contributed by atoms with van der Waals surface area (Å²) in [6, 6.07) is 1.94. The first-order valence-corrected chi connectivity index (χ1v) is 5.65. The quantitative estimate of drug-likeness (QED) is 0.811. The molecule has 0 spiro atoms. The molecule has 1 aliphatic rings. The summed E-state index contributed by atoms with van der Waals surface area (Å²) in [5, 5.41) is 7.03. The van der Waals surface area contributed by atoms with Gasteiger partial charge in [0.2, 0.25) is 5.91 Å². The minimum absolute atomic E-state index is 0.00263. The zero-order valence-electron chi connectivity index (χ0n) is 9.43. The fourth-order valence-electron chi connectivity index (χ4n) is 1.85. The fourth-order valence-corrected chi connectivity index (χ4v) is 1.85. The van der Waals surface area contributed by atoms with Crippen LogP contribution in [0.2, 0.25) is 0 Å². The molecule has 0 radical (unpaired) electrons. The normalized spacial score (nSPS) is 21.9. The number of carbonyl (C=O) groups excluding carboxylic acids is 1. The molecule has 0 aliphatic carbocycles. The predicted octanol–water partition coefficient (Wildman–Crippen LogP) is 0.567. The molecule has 0 aromatic carbocycles. The molecule has 2 atom stereocenters. The number of hydrogen-bond donors (Lipinski definition) is 1. The van der Waals surface area contributed by atoms with Gasteiger partial charge in [-0.15, -0.1) is 0 Å². The maximum atomic E-state index is 11.7. The van der Waals surface area contributed by atoms with E-state index in [0.717, 1.165) is 12.8 Å². The smallest absolute Gasteiger partial charge is 0.249 e. The zero-order chi connectivity index (χ0) is 11.4. The van der Waals surface area contributed by atoms with Crippen LogP contribution in [-0.4, -0.2) is 34.4 Å². The SMILES string of the molecule is CC(Cn1cccn1)NC(=O)C1CCCO1. The van der Waals surface area contributed by atoms with E-state index in [9.17, 15) is 4.79 Å². The van der Waals surface area contributed by atoms with Gasteiger partial charge in [-0.1, -0.05) is 0 Å². The van der Waals surface area contributed by atoms with E-state index in [1.54, 1.807) is 10.9 Å². The molecule has 16 heavy (non-hydrogen) atoms. The van der Waals surface area contributed by atoms with E-state index in [1.165, 1.54) is 0 Å². The molecule has 1 saturated heterocycles. The van der Waals surface area contributed by atoms with Crippen LogP contribution in [0.15, 0.2) is 18.5 Å². The Balaban J connectivity index is 1.78. The van der Waals surface area contributed by atoms with Crippen molar-refractivity contribution >= 4 is 5.91 Å². The second-order valence-corrected chi connectivity index (χ2v) is 4.14. The second-order valence-electron chi connectivity index (χ2n) is 4.14. The Morgan fingerprint density at radius 1 is 1.75 bits per heavy atom. The first kappa shape index (κ1) is 11.1. The van der Waals surface area contributed by atoms with Crippen LogP contribution in [0.1, 0.15) is 19.8 Å². The van der Waals surface area contributed by atoms with Gasteiger partial charge in [-0.3, -0.25) is 9.48 Å². The molecule has 1 N–H and O–H groups in total. The number of amides is 1. The molecule has 1 fully saturated rings. The van der Waals surface area contributed by atoms with Gasteiger partial charge in [0.1, 0.15) is 6.10 Å². The molecular formula is C11H17N3O2. The summed E-state index contributed by atoms with van der Waals surface area (Å²) in [6.07, 6.45) is 5.18. The van der Waals surface area contributed by atoms with Crippen molar-refractivity contribution in [2.45, 2.75) is 38.5 Å². The average Bonchev–Trinajstić information content (AvgIpc) is 2.88. The number of rotatable bonds is 4. The minimum Gasteiger partial charge on any atom is -0.368 e. The van der Waals surface area contributed by atoms with Gasteiger partial charge in [-0.05, 0) is 25.8 Å². The van der Waals surface area contributed by atoms with Gasteiger partial charge in [0, 0.05) is 25.0 Å². The van der Waals surface area contributed by atoms with Crippen molar-refractivity contribution in [1.29, 1.82) is 0 Å². The van der Waals surface area contributed by atoms with Crippen LogP contribution in [0.25, 0.3) is 0 Å². The standard InChI is InChI=1S/C11H17N3O2/c1-9(8-14-6-3-5-12-14)13-11(15)10-4-2-7-16-10/h3,5-6,9-10H,2,4,7-8H2,1H3,(H,13,15). The van der Waals surface area contributed by atoms with Gasteiger partial charge in [-0.2, -0.15) is 5.10 Å². The number of ether oxygens (including phenoxy) is 1. The van der Waals surface area contributed by atoms with E-state index in [-0.39, 0.29) is 18.1 Å². The monoisotopic (exact) mass is 223 g/mol. The average molecular weight is 223 g/mol. The highest BCUT2D eigenvalue weighted by atomic mass is 16.5. The molecule has 1 amide bonds. The highest BCUT2D eigenvalue weighted by molar-refractivity contribution is 5.81. The Bertz CT molecular complexity index is 331. The van der Waals surface area contributed by atoms with Crippen molar-refractivity contribution in [1.82, 2.24) is 15.1 Å². The van der Waals surface area contributed by atoms with Gasteiger partial charge < -0.3 is 10.1 Å². The molecule has 2 rings (SSSR count). The molecule has 0 bridgehead atoms. The lowest BCUT2D eigenvalue weighted by molar-refractivity contribution is -0.130. The van der Waals surface area contributed by atoms with Crippen molar-refractivity contribution in [3.05, 3.63) is 18.5 Å². The summed E-state index contributed by atoms with van der Waals surface area (Å²) in [7, 11) is 0. The summed E-state index contributed by atoms with van der Waals surface area (Å²) >= 11 is 0. The second kappa shape index (κ2) is 5.12. The summed E-state index contributed by atoms with van der Waals surface area (Å²) in [4.78, 5) is 11.7. The fraction of sp³-hybridized carbons (Fsp3) is 0.636. The van der Waals surface area contributed by atoms with Gasteiger partial charge in [0.05, 0.1) is 6.54 Å². The van der Waals surface area contributed by atoms with Crippen molar-refractivity contribution < 1.29 is 9.53 Å². The Kier molecular flexibility index (Phi) is 3.56. The van der Waals surface area contributed by atoms with E-state index in [1.807, 2.05) is 19.2 Å². The number of nitrogens with one attached hydrogen (secondary N) is 1. The molecular weight excluding hydrogens is 206 g/mol. The molecule has 1 aromatic rings. The molecule has 88 valence electrons. The van der Waals surface area contributed by atoms with Crippen LogP contribution in [0, 0.1) is 0 Å². The Labute approximate surface area is 94.8 Å². The van der Waals surface area contributed by atoms with Crippen LogP contribution < -0.4 is 5.32 Å². The van der Waals surface area contributed by atoms with Gasteiger partial charge in [0.15, 0.2) is 0 Å². The third-order valence-electron chi connectivity index (χ3n) is 2.63. The summed E-state index contributed by atoms with van der Waals surface area (Å²) in [5.41, 5.74) is 0. The first-order valence-electron chi connectivity index (χ1n) is 5.65. The third kappa shape index (κ3) is 2.82. The molecule has 0 saturated carbocycles. The van der Waals surface area contributed by atoms with Crippen LogP contribution in [0.5, 0.6) is 0 Å². The van der Waals surface area contributed by atoms with Gasteiger partial charge in [-0.25, -0.2) is 0 Å². The topological polar surface area (TPSA) is 56.2 Å². The molecule has 1 aromatic heterocycles. The number of nitrogens with zero attached hydrogens (tertiary/aromatic N) is 2. The molecule has 1 aliphatic heterocycles. The molecule has 2 unspecified atom stereocenters. The Hall–Kier alpha value is -1.36. The lowest BCUT2D eigenvalue weighted by Crippen LogP contribution is -2.41. The van der Waals surface area contributed by atoms with E-state index in [4.69, 9.17) is 4.74 Å². The van der Waals surface area contributed by atoms with Crippen molar-refractivity contribution in [3.8, 4) is 0 Å². The number of aromatic nitrogens is 2. The van der Waals surface area contributed by atoms with Crippen molar-refractivity contribution in [2.24, 2.45) is 0 Å². The summed E-state index contributed by atoms with van der Waals surface area (Å²) in [5.74, 6) is -0.00263. The maximum Gasteiger partial charge on any atom is 0.249 e. The maximum absolute atomic E-state index is 11.7. The van der Waals surface area contributed by atoms with Crippen molar-refractivity contribution in [2.75, 3.05) is 6.61 Å². The van der Waals surface area contributed by atoms with E-state index < -0.39 is 0 Å². The van der Waals surface area contributed by atoms with Crippen LogP contribution >= 0.6 is 0 Å². The Morgan fingerprint density at radius 3 is 3.25 bits per heavy atom. The third-order valence-corrected chi connectivity index (χ3v) is 2.63. The van der Waals surface area contributed by atoms with Crippen LogP contribution in [-0.2, 0) is 16.1 Å². The summed E-state index contributed by atoms with van der Waals surface area (Å²) < 4.78 is 7.12. The van der Waals surface area contributed by atoms with Crippen LogP contribution in [0.4, 0.5) is 0 Å². The van der Waals surface area contributed by atoms with Crippen molar-refractivity contribution in [3.63, 3.8) is 0 Å². The molecule has 5 heteroatoms. The largest absolute Gasteiger partial charge is 0.368 e. The summed E-state index contributed by atoms with van der Waals surface area (Å²) in [6.45, 7) is 3.35. The van der Waals surface area contributed by atoms with Gasteiger partial charge >= 0.3 is 0 Å². The Morgan fingerprint density at radius 2 is 2.62 bits per heavy atom. The number of carbonyl (C=O) groups is 1. The molecule has 2 heterocycles. The molecule has 5 nitrogen and oxygen atoms in total. The van der Waals surface area contributed by atoms with E-state index >= 15 is 0 Å².